The number of benzene rings is 1. The summed E-state index contributed by atoms with van der Waals surface area (Å²) in [7, 11) is 0. The van der Waals surface area contributed by atoms with Crippen LogP contribution in [0.5, 0.6) is 0 Å². The lowest BCUT2D eigenvalue weighted by atomic mass is 9.81. The standard InChI is InChI=1S/C20H21ClN2O5/c21-13-3-5-14(6-4-13)22-15(24)10-28-16(25)7-8-23-19(26)17-11-1-2-12(9-11)18(17)20(23)27/h3-6,11-12,17-18H,1-2,7-10H2,(H,22,24)/t11-,12-,17-,18+/m0/s1. The number of hydrogen-bond acceptors (Lipinski definition) is 5. The Morgan fingerprint density at radius 3 is 2.29 bits per heavy atom. The highest BCUT2D eigenvalue weighted by molar-refractivity contribution is 6.30. The van der Waals surface area contributed by atoms with E-state index in [2.05, 4.69) is 5.32 Å². The highest BCUT2D eigenvalue weighted by atomic mass is 35.5. The van der Waals surface area contributed by atoms with Crippen molar-refractivity contribution in [2.24, 2.45) is 23.7 Å². The average molecular weight is 405 g/mol. The van der Waals surface area contributed by atoms with Crippen LogP contribution in [0, 0.1) is 23.7 Å². The van der Waals surface area contributed by atoms with E-state index in [0.29, 0.717) is 22.5 Å². The predicted octanol–water partition coefficient (Wildman–Crippen LogP) is 2.24. The molecule has 4 atom stereocenters. The molecule has 0 radical (unpaired) electrons. The van der Waals surface area contributed by atoms with Crippen molar-refractivity contribution in [3.8, 4) is 0 Å². The summed E-state index contributed by atoms with van der Waals surface area (Å²) < 4.78 is 4.95. The van der Waals surface area contributed by atoms with E-state index in [1.165, 1.54) is 4.90 Å². The Hall–Kier alpha value is -2.41. The second kappa shape index (κ2) is 7.54. The van der Waals surface area contributed by atoms with E-state index in [4.69, 9.17) is 16.3 Å². The molecule has 0 unspecified atom stereocenters. The molecule has 4 rings (SSSR count). The summed E-state index contributed by atoms with van der Waals surface area (Å²) in [5.41, 5.74) is 0.542. The monoisotopic (exact) mass is 404 g/mol. The molecule has 7 nitrogen and oxygen atoms in total. The molecule has 28 heavy (non-hydrogen) atoms. The minimum Gasteiger partial charge on any atom is -0.456 e. The number of nitrogens with zero attached hydrogens (tertiary/aromatic N) is 1. The van der Waals surface area contributed by atoms with E-state index in [1.807, 2.05) is 0 Å². The third-order valence-corrected chi connectivity index (χ3v) is 6.30. The van der Waals surface area contributed by atoms with Crippen LogP contribution in [-0.2, 0) is 23.9 Å². The second-order valence-corrected chi connectivity index (χ2v) is 8.12. The van der Waals surface area contributed by atoms with Crippen LogP contribution >= 0.6 is 11.6 Å². The van der Waals surface area contributed by atoms with E-state index < -0.39 is 18.5 Å². The van der Waals surface area contributed by atoms with E-state index >= 15 is 0 Å². The molecule has 1 N–H and O–H groups in total. The Balaban J connectivity index is 1.22. The summed E-state index contributed by atoms with van der Waals surface area (Å²) in [6, 6.07) is 6.54. The van der Waals surface area contributed by atoms with E-state index in [0.717, 1.165) is 19.3 Å². The molecule has 3 aliphatic rings. The van der Waals surface area contributed by atoms with E-state index in [1.54, 1.807) is 24.3 Å². The number of carbonyl (C=O) groups is 4. The first-order valence-electron chi connectivity index (χ1n) is 9.50. The van der Waals surface area contributed by atoms with Crippen molar-refractivity contribution < 1.29 is 23.9 Å². The number of carbonyl (C=O) groups excluding carboxylic acids is 4. The average Bonchev–Trinajstić information content (AvgIpc) is 3.35. The highest BCUT2D eigenvalue weighted by Gasteiger charge is 2.60. The molecule has 1 heterocycles. The van der Waals surface area contributed by atoms with Crippen LogP contribution in [0.4, 0.5) is 5.69 Å². The van der Waals surface area contributed by atoms with E-state index in [9.17, 15) is 19.2 Å². The minimum absolute atomic E-state index is 0.0156. The van der Waals surface area contributed by atoms with Gasteiger partial charge in [0.2, 0.25) is 11.8 Å². The van der Waals surface area contributed by atoms with Crippen LogP contribution in [0.1, 0.15) is 25.7 Å². The summed E-state index contributed by atoms with van der Waals surface area (Å²) >= 11 is 5.78. The Kier molecular flexibility index (Phi) is 5.10. The molecular formula is C20H21ClN2O5. The zero-order valence-corrected chi connectivity index (χ0v) is 16.0. The van der Waals surface area contributed by atoms with Gasteiger partial charge in [-0.1, -0.05) is 11.6 Å². The topological polar surface area (TPSA) is 92.8 Å². The number of likely N-dealkylation sites (tertiary alicyclic amines) is 1. The van der Waals surface area contributed by atoms with Gasteiger partial charge in [-0.25, -0.2) is 0 Å². The molecule has 3 amide bonds. The third kappa shape index (κ3) is 3.51. The predicted molar refractivity (Wildman–Crippen MR) is 100 cm³/mol. The number of imide groups is 1. The molecule has 1 saturated heterocycles. The fraction of sp³-hybridized carbons (Fsp3) is 0.500. The summed E-state index contributed by atoms with van der Waals surface area (Å²) in [4.78, 5) is 50.1. The van der Waals surface area contributed by atoms with Crippen LogP contribution in [0.15, 0.2) is 24.3 Å². The number of hydrogen-bond donors (Lipinski definition) is 1. The van der Waals surface area contributed by atoms with Crippen molar-refractivity contribution in [1.29, 1.82) is 0 Å². The number of halogens is 1. The van der Waals surface area contributed by atoms with Crippen LogP contribution in [-0.4, -0.2) is 41.7 Å². The van der Waals surface area contributed by atoms with Gasteiger partial charge < -0.3 is 10.1 Å². The number of anilines is 1. The first kappa shape index (κ1) is 18.9. The van der Waals surface area contributed by atoms with Crippen molar-refractivity contribution in [2.45, 2.75) is 25.7 Å². The molecule has 0 spiro atoms. The smallest absolute Gasteiger partial charge is 0.308 e. The van der Waals surface area contributed by atoms with Crippen molar-refractivity contribution in [2.75, 3.05) is 18.5 Å². The van der Waals surface area contributed by atoms with Gasteiger partial charge in [0.1, 0.15) is 0 Å². The van der Waals surface area contributed by atoms with Crippen LogP contribution in [0.25, 0.3) is 0 Å². The molecule has 2 bridgehead atoms. The molecule has 8 heteroatoms. The Bertz CT molecular complexity index is 796. The Morgan fingerprint density at radius 2 is 1.68 bits per heavy atom. The van der Waals surface area contributed by atoms with Crippen molar-refractivity contribution in [3.05, 3.63) is 29.3 Å². The maximum atomic E-state index is 12.6. The van der Waals surface area contributed by atoms with Gasteiger partial charge in [-0.2, -0.15) is 0 Å². The van der Waals surface area contributed by atoms with Gasteiger partial charge in [0, 0.05) is 17.3 Å². The SMILES string of the molecule is O=C(COC(=O)CCN1C(=O)[C@@H]2[C@H]3CC[C@@H](C3)[C@@H]2C1=O)Nc1ccc(Cl)cc1. The molecule has 3 fully saturated rings. The van der Waals surface area contributed by atoms with Gasteiger partial charge in [0.05, 0.1) is 18.3 Å². The molecular weight excluding hydrogens is 384 g/mol. The van der Waals surface area contributed by atoms with Crippen LogP contribution in [0.3, 0.4) is 0 Å². The van der Waals surface area contributed by atoms with E-state index in [-0.39, 0.29) is 36.6 Å². The third-order valence-electron chi connectivity index (χ3n) is 6.05. The summed E-state index contributed by atoms with van der Waals surface area (Å²) in [6.45, 7) is -0.416. The summed E-state index contributed by atoms with van der Waals surface area (Å²) in [6.07, 6.45) is 2.90. The normalized spacial score (nSPS) is 27.8. The summed E-state index contributed by atoms with van der Waals surface area (Å²) in [5.74, 6) is -1.12. The van der Waals surface area contributed by atoms with Gasteiger partial charge in [0.15, 0.2) is 6.61 Å². The maximum Gasteiger partial charge on any atom is 0.308 e. The highest BCUT2D eigenvalue weighted by Crippen LogP contribution is 2.56. The van der Waals surface area contributed by atoms with Gasteiger partial charge in [0.25, 0.3) is 5.91 Å². The number of ether oxygens (including phenoxy) is 1. The van der Waals surface area contributed by atoms with Crippen LogP contribution < -0.4 is 5.32 Å². The molecule has 2 saturated carbocycles. The fourth-order valence-electron chi connectivity index (χ4n) is 4.84. The molecule has 2 aliphatic carbocycles. The van der Waals surface area contributed by atoms with Gasteiger partial charge >= 0.3 is 5.97 Å². The Morgan fingerprint density at radius 1 is 1.07 bits per heavy atom. The lowest BCUT2D eigenvalue weighted by Gasteiger charge is -2.19. The van der Waals surface area contributed by atoms with Gasteiger partial charge in [-0.05, 0) is 55.4 Å². The largest absolute Gasteiger partial charge is 0.456 e. The zero-order valence-electron chi connectivity index (χ0n) is 15.2. The first-order chi connectivity index (χ1) is 13.4. The fourth-order valence-corrected chi connectivity index (χ4v) is 4.97. The quantitative estimate of drug-likeness (QED) is 0.579. The molecule has 0 aromatic heterocycles. The molecule has 1 aliphatic heterocycles. The maximum absolute atomic E-state index is 12.6. The zero-order chi connectivity index (χ0) is 19.8. The minimum atomic E-state index is -0.619. The number of esters is 1. The number of amides is 3. The Labute approximate surface area is 167 Å². The van der Waals surface area contributed by atoms with Gasteiger partial charge in [-0.15, -0.1) is 0 Å². The van der Waals surface area contributed by atoms with Crippen molar-refractivity contribution in [3.63, 3.8) is 0 Å². The van der Waals surface area contributed by atoms with Crippen LogP contribution in [0.2, 0.25) is 5.02 Å². The lowest BCUT2D eigenvalue weighted by molar-refractivity contribution is -0.149. The second-order valence-electron chi connectivity index (χ2n) is 7.68. The first-order valence-corrected chi connectivity index (χ1v) is 9.88. The number of nitrogens with one attached hydrogen (secondary N) is 1. The molecule has 1 aromatic rings. The van der Waals surface area contributed by atoms with Crippen molar-refractivity contribution in [1.82, 2.24) is 4.90 Å². The summed E-state index contributed by atoms with van der Waals surface area (Å²) in [5, 5.41) is 3.13. The number of fused-ring (bicyclic) bond motifs is 5. The van der Waals surface area contributed by atoms with Gasteiger partial charge in [-0.3, -0.25) is 24.1 Å². The molecule has 148 valence electrons. The lowest BCUT2D eigenvalue weighted by Crippen LogP contribution is -2.35. The van der Waals surface area contributed by atoms with Crippen molar-refractivity contribution >= 4 is 41.0 Å². The number of rotatable bonds is 6. The molecule has 1 aromatic carbocycles.